The van der Waals surface area contributed by atoms with Crippen molar-refractivity contribution in [2.45, 2.75) is 25.3 Å². The van der Waals surface area contributed by atoms with Gasteiger partial charge in [0, 0.05) is 30.8 Å². The first-order valence-electron chi connectivity index (χ1n) is 8.65. The van der Waals surface area contributed by atoms with E-state index >= 15 is 0 Å². The summed E-state index contributed by atoms with van der Waals surface area (Å²) in [6.07, 6.45) is 6.40. The normalized spacial score (nSPS) is 18.1. The first kappa shape index (κ1) is 17.4. The lowest BCUT2D eigenvalue weighted by atomic mass is 10.0. The summed E-state index contributed by atoms with van der Waals surface area (Å²) < 4.78 is 0. The van der Waals surface area contributed by atoms with Crippen molar-refractivity contribution in [1.29, 1.82) is 0 Å². The van der Waals surface area contributed by atoms with Crippen molar-refractivity contribution in [2.24, 2.45) is 0 Å². The zero-order valence-electron chi connectivity index (χ0n) is 14.7. The van der Waals surface area contributed by atoms with E-state index in [1.54, 1.807) is 23.2 Å². The number of hydrogen-bond donors (Lipinski definition) is 1. The molecule has 0 radical (unpaired) electrons. The Bertz CT molecular complexity index is 802. The molecule has 6 heteroatoms. The maximum Gasteiger partial charge on any atom is 0.266 e. The van der Waals surface area contributed by atoms with E-state index < -0.39 is 0 Å². The molecular weight excluding hydrogens is 316 g/mol. The molecule has 1 amide bonds. The fourth-order valence-electron chi connectivity index (χ4n) is 3.34. The van der Waals surface area contributed by atoms with Gasteiger partial charge in [-0.2, -0.15) is 0 Å². The van der Waals surface area contributed by atoms with Crippen LogP contribution in [0, 0.1) is 0 Å². The number of likely N-dealkylation sites (tertiary alicyclic amines) is 1. The summed E-state index contributed by atoms with van der Waals surface area (Å²) in [6.45, 7) is 1.82. The van der Waals surface area contributed by atoms with Crippen LogP contribution in [-0.2, 0) is 0 Å². The molecule has 1 saturated heterocycles. The second kappa shape index (κ2) is 7.61. The third-order valence-electron chi connectivity index (χ3n) is 4.83. The molecular formula is C19H24N4O2. The third-order valence-corrected chi connectivity index (χ3v) is 4.83. The lowest BCUT2D eigenvalue weighted by molar-refractivity contribution is 0.0717. The van der Waals surface area contributed by atoms with E-state index in [1.807, 2.05) is 19.2 Å². The fourth-order valence-corrected chi connectivity index (χ4v) is 3.34. The van der Waals surface area contributed by atoms with Crippen LogP contribution in [0.3, 0.4) is 0 Å². The SMILES string of the molecule is CN(C[C@@H]1CCCCN1C)C(=O)c1cccc(-c2cncc(=O)[nH]2)c1. The molecule has 25 heavy (non-hydrogen) atoms. The molecule has 0 saturated carbocycles. The van der Waals surface area contributed by atoms with Gasteiger partial charge in [-0.15, -0.1) is 0 Å². The highest BCUT2D eigenvalue weighted by Crippen LogP contribution is 2.19. The summed E-state index contributed by atoms with van der Waals surface area (Å²) in [4.78, 5) is 35.0. The van der Waals surface area contributed by atoms with Gasteiger partial charge in [-0.25, -0.2) is 0 Å². The Morgan fingerprint density at radius 3 is 2.96 bits per heavy atom. The van der Waals surface area contributed by atoms with Crippen LogP contribution >= 0.6 is 0 Å². The standard InChI is InChI=1S/C19H24N4O2/c1-22-9-4-3-8-16(22)13-23(2)19(25)15-7-5-6-14(10-15)17-11-20-12-18(24)21-17/h5-7,10-12,16H,3-4,8-9,13H2,1-2H3,(H,21,24)/t16-/m0/s1. The Balaban J connectivity index is 1.75. The van der Waals surface area contributed by atoms with Crippen LogP contribution in [0.5, 0.6) is 0 Å². The topological polar surface area (TPSA) is 69.3 Å². The minimum absolute atomic E-state index is 0.00735. The predicted molar refractivity (Wildman–Crippen MR) is 97.5 cm³/mol. The highest BCUT2D eigenvalue weighted by atomic mass is 16.2. The molecule has 1 atom stereocenters. The van der Waals surface area contributed by atoms with Crippen molar-refractivity contribution in [1.82, 2.24) is 19.8 Å². The number of aromatic amines is 1. The second-order valence-electron chi connectivity index (χ2n) is 6.71. The van der Waals surface area contributed by atoms with Crippen molar-refractivity contribution in [2.75, 3.05) is 27.2 Å². The minimum Gasteiger partial charge on any atom is -0.340 e. The summed E-state index contributed by atoms with van der Waals surface area (Å²) in [5.41, 5.74) is 1.74. The summed E-state index contributed by atoms with van der Waals surface area (Å²) >= 11 is 0. The number of H-pyrrole nitrogens is 1. The van der Waals surface area contributed by atoms with Gasteiger partial charge in [0.25, 0.3) is 11.5 Å². The third kappa shape index (κ3) is 4.14. The smallest absolute Gasteiger partial charge is 0.266 e. The highest BCUT2D eigenvalue weighted by Gasteiger charge is 2.23. The maximum absolute atomic E-state index is 12.8. The molecule has 1 aromatic heterocycles. The van der Waals surface area contributed by atoms with E-state index in [-0.39, 0.29) is 11.5 Å². The molecule has 1 aliphatic heterocycles. The van der Waals surface area contributed by atoms with Crippen LogP contribution in [0.25, 0.3) is 11.3 Å². The van der Waals surface area contributed by atoms with Gasteiger partial charge in [-0.1, -0.05) is 18.6 Å². The number of aromatic nitrogens is 2. The molecule has 1 aliphatic rings. The summed E-state index contributed by atoms with van der Waals surface area (Å²) in [7, 11) is 3.98. The molecule has 1 aromatic carbocycles. The Morgan fingerprint density at radius 1 is 1.36 bits per heavy atom. The molecule has 2 heterocycles. The number of nitrogens with one attached hydrogen (secondary N) is 1. The number of carbonyl (C=O) groups is 1. The quantitative estimate of drug-likeness (QED) is 0.924. The number of rotatable bonds is 4. The zero-order chi connectivity index (χ0) is 17.8. The van der Waals surface area contributed by atoms with E-state index in [9.17, 15) is 9.59 Å². The Kier molecular flexibility index (Phi) is 5.28. The van der Waals surface area contributed by atoms with E-state index in [2.05, 4.69) is 21.9 Å². The monoisotopic (exact) mass is 340 g/mol. The minimum atomic E-state index is -0.258. The van der Waals surface area contributed by atoms with Crippen LogP contribution in [-0.4, -0.2) is 58.9 Å². The number of hydrogen-bond acceptors (Lipinski definition) is 4. The summed E-state index contributed by atoms with van der Waals surface area (Å²) in [5, 5.41) is 0. The average molecular weight is 340 g/mol. The van der Waals surface area contributed by atoms with Crippen molar-refractivity contribution in [3.63, 3.8) is 0 Å². The largest absolute Gasteiger partial charge is 0.340 e. The van der Waals surface area contributed by atoms with Crippen LogP contribution in [0.15, 0.2) is 41.5 Å². The Hall–Kier alpha value is -2.47. The van der Waals surface area contributed by atoms with Gasteiger partial charge in [0.2, 0.25) is 0 Å². The summed E-state index contributed by atoms with van der Waals surface area (Å²) in [6, 6.07) is 7.71. The van der Waals surface area contributed by atoms with Crippen molar-refractivity contribution < 1.29 is 4.79 Å². The van der Waals surface area contributed by atoms with Gasteiger partial charge >= 0.3 is 0 Å². The Labute approximate surface area is 147 Å². The van der Waals surface area contributed by atoms with E-state index in [0.29, 0.717) is 17.3 Å². The second-order valence-corrected chi connectivity index (χ2v) is 6.71. The molecule has 0 aliphatic carbocycles. The first-order valence-corrected chi connectivity index (χ1v) is 8.65. The molecule has 0 spiro atoms. The van der Waals surface area contributed by atoms with Gasteiger partial charge in [0.05, 0.1) is 18.1 Å². The molecule has 2 aromatic rings. The zero-order valence-corrected chi connectivity index (χ0v) is 14.7. The number of amides is 1. The van der Waals surface area contributed by atoms with Crippen molar-refractivity contribution in [3.8, 4) is 11.3 Å². The van der Waals surface area contributed by atoms with Crippen molar-refractivity contribution in [3.05, 3.63) is 52.6 Å². The van der Waals surface area contributed by atoms with Gasteiger partial charge in [-0.3, -0.25) is 14.6 Å². The van der Waals surface area contributed by atoms with E-state index in [4.69, 9.17) is 0 Å². The first-order chi connectivity index (χ1) is 12.0. The van der Waals surface area contributed by atoms with Crippen LogP contribution < -0.4 is 5.56 Å². The lowest BCUT2D eigenvalue weighted by Crippen LogP contribution is -2.45. The molecule has 132 valence electrons. The number of likely N-dealkylation sites (N-methyl/N-ethyl adjacent to an activating group) is 2. The maximum atomic E-state index is 12.8. The number of nitrogens with zero attached hydrogens (tertiary/aromatic N) is 3. The Morgan fingerprint density at radius 2 is 2.20 bits per heavy atom. The molecule has 1 N–H and O–H groups in total. The predicted octanol–water partition coefficient (Wildman–Crippen LogP) is 1.99. The van der Waals surface area contributed by atoms with Gasteiger partial charge in [-0.05, 0) is 38.6 Å². The number of piperidine rings is 1. The van der Waals surface area contributed by atoms with Crippen molar-refractivity contribution >= 4 is 5.91 Å². The van der Waals surface area contributed by atoms with Gasteiger partial charge < -0.3 is 14.8 Å². The lowest BCUT2D eigenvalue weighted by Gasteiger charge is -2.35. The highest BCUT2D eigenvalue weighted by molar-refractivity contribution is 5.95. The van der Waals surface area contributed by atoms with E-state index in [1.165, 1.54) is 19.0 Å². The molecule has 3 rings (SSSR count). The molecule has 6 nitrogen and oxygen atoms in total. The van der Waals surface area contributed by atoms with Crippen LogP contribution in [0.1, 0.15) is 29.6 Å². The van der Waals surface area contributed by atoms with Gasteiger partial charge in [0.15, 0.2) is 0 Å². The van der Waals surface area contributed by atoms with Gasteiger partial charge in [0.1, 0.15) is 0 Å². The summed E-state index contributed by atoms with van der Waals surface area (Å²) in [5.74, 6) is -0.00735. The molecule has 0 unspecified atom stereocenters. The number of carbonyl (C=O) groups excluding carboxylic acids is 1. The molecule has 0 bridgehead atoms. The average Bonchev–Trinajstić information content (AvgIpc) is 2.63. The van der Waals surface area contributed by atoms with Crippen LogP contribution in [0.4, 0.5) is 0 Å². The molecule has 1 fully saturated rings. The van der Waals surface area contributed by atoms with Crippen LogP contribution in [0.2, 0.25) is 0 Å². The van der Waals surface area contributed by atoms with E-state index in [0.717, 1.165) is 25.1 Å². The number of benzene rings is 1. The fraction of sp³-hybridized carbons (Fsp3) is 0.421.